The fourth-order valence-electron chi connectivity index (χ4n) is 3.39. The van der Waals surface area contributed by atoms with Gasteiger partial charge in [0, 0.05) is 0 Å². The van der Waals surface area contributed by atoms with E-state index in [0.717, 1.165) is 19.6 Å². The van der Waals surface area contributed by atoms with Crippen molar-refractivity contribution >= 4 is 27.0 Å². The number of rotatable bonds is 9. The first-order valence-electron chi connectivity index (χ1n) is 13.3. The predicted octanol–water partition coefficient (Wildman–Crippen LogP) is 7.99. The molecule has 0 fully saturated rings. The van der Waals surface area contributed by atoms with Gasteiger partial charge in [-0.15, -0.1) is 0 Å². The van der Waals surface area contributed by atoms with Gasteiger partial charge >= 0.3 is 17.4 Å². The monoisotopic (exact) mass is 662 g/mol. The van der Waals surface area contributed by atoms with E-state index < -0.39 is 39.0 Å². The molecule has 0 saturated heterocycles. The van der Waals surface area contributed by atoms with Crippen LogP contribution in [0.2, 0.25) is 0 Å². The van der Waals surface area contributed by atoms with Crippen molar-refractivity contribution in [3.05, 3.63) is 84.9 Å². The van der Waals surface area contributed by atoms with Gasteiger partial charge in [0.1, 0.15) is 11.4 Å². The average molecular weight is 663 g/mol. The van der Waals surface area contributed by atoms with Crippen LogP contribution >= 0.6 is 0 Å². The molecule has 6 nitrogen and oxygen atoms in total. The van der Waals surface area contributed by atoms with E-state index in [9.17, 15) is 39.7 Å². The first-order chi connectivity index (χ1) is 20.1. The molecule has 0 aliphatic heterocycles. The molecule has 0 heterocycles. The van der Waals surface area contributed by atoms with Crippen molar-refractivity contribution in [2.75, 3.05) is 0 Å². The summed E-state index contributed by atoms with van der Waals surface area (Å²) in [5, 5.41) is -5.81. The second-order valence-electron chi connectivity index (χ2n) is 11.2. The van der Waals surface area contributed by atoms with Gasteiger partial charge < -0.3 is 14.0 Å². The number of esters is 1. The van der Waals surface area contributed by atoms with Gasteiger partial charge in [0.25, 0.3) is 6.10 Å². The third-order valence-electron chi connectivity index (χ3n) is 6.04. The summed E-state index contributed by atoms with van der Waals surface area (Å²) in [6.07, 6.45) is -10.3. The summed E-state index contributed by atoms with van der Waals surface area (Å²) in [6.45, 7) is 9.82. The molecule has 1 unspecified atom stereocenters. The summed E-state index contributed by atoms with van der Waals surface area (Å²) in [7, 11) is -6.76. The maximum Gasteiger partial charge on any atom is 0.432 e. The molecule has 0 bridgehead atoms. The number of carbonyl (C=O) groups is 1. The Labute approximate surface area is 257 Å². The first kappa shape index (κ1) is 37.0. The molecule has 0 aliphatic rings. The van der Waals surface area contributed by atoms with E-state index in [1.165, 1.54) is 21.6 Å². The number of alkyl halides is 5. The van der Waals surface area contributed by atoms with Crippen LogP contribution in [0.3, 0.4) is 0 Å². The summed E-state index contributed by atoms with van der Waals surface area (Å²) in [5.74, 6) is -0.776. The van der Waals surface area contributed by atoms with Crippen molar-refractivity contribution in [1.29, 1.82) is 0 Å². The van der Waals surface area contributed by atoms with Crippen LogP contribution in [-0.4, -0.2) is 42.1 Å². The van der Waals surface area contributed by atoms with E-state index in [2.05, 4.69) is 110 Å². The normalized spacial score (nSPS) is 13.5. The fraction of sp³-hybridized carbons (Fsp3) is 0.387. The quantitative estimate of drug-likeness (QED) is 0.0998. The summed E-state index contributed by atoms with van der Waals surface area (Å²) >= 11 is 0. The van der Waals surface area contributed by atoms with Crippen molar-refractivity contribution in [2.24, 2.45) is 5.41 Å². The Bertz CT molecular complexity index is 1420. The molecule has 0 spiro atoms. The molecule has 0 aromatic heterocycles. The van der Waals surface area contributed by atoms with Gasteiger partial charge in [-0.3, -0.25) is 4.79 Å². The van der Waals surface area contributed by atoms with Crippen LogP contribution in [0.15, 0.2) is 99.6 Å². The molecule has 44 heavy (non-hydrogen) atoms. The van der Waals surface area contributed by atoms with Gasteiger partial charge in [-0.25, -0.2) is 8.42 Å². The number of benzene rings is 3. The Morgan fingerprint density at radius 2 is 1.18 bits per heavy atom. The van der Waals surface area contributed by atoms with E-state index >= 15 is 0 Å². The second kappa shape index (κ2) is 14.3. The minimum atomic E-state index is -6.66. The van der Waals surface area contributed by atoms with Crippen LogP contribution in [0.25, 0.3) is 0 Å². The van der Waals surface area contributed by atoms with Crippen LogP contribution < -0.4 is 4.74 Å². The molecule has 3 rings (SSSR count). The highest BCUT2D eigenvalue weighted by atomic mass is 32.2. The predicted molar refractivity (Wildman–Crippen MR) is 157 cm³/mol. The molecule has 0 radical (unpaired) electrons. The van der Waals surface area contributed by atoms with E-state index in [1.54, 1.807) is 0 Å². The lowest BCUT2D eigenvalue weighted by Crippen LogP contribution is -2.53. The molecule has 3 aromatic rings. The zero-order valence-electron chi connectivity index (χ0n) is 25.0. The maximum atomic E-state index is 13.0. The highest BCUT2D eigenvalue weighted by Crippen LogP contribution is 2.39. The van der Waals surface area contributed by atoms with Gasteiger partial charge in [0.05, 0.1) is 16.3 Å². The number of halogens is 5. The molecule has 0 N–H and O–H groups in total. The van der Waals surface area contributed by atoms with Gasteiger partial charge in [-0.2, -0.15) is 22.0 Å². The Balaban J connectivity index is 0.000000314. The van der Waals surface area contributed by atoms with Gasteiger partial charge in [-0.1, -0.05) is 43.3 Å². The van der Waals surface area contributed by atoms with E-state index in [1.807, 2.05) is 0 Å². The topological polar surface area (TPSA) is 92.7 Å². The minimum absolute atomic E-state index is 0.0495. The van der Waals surface area contributed by atoms with Gasteiger partial charge in [-0.05, 0) is 89.6 Å². The van der Waals surface area contributed by atoms with Crippen molar-refractivity contribution in [1.82, 2.24) is 0 Å². The summed E-state index contributed by atoms with van der Waals surface area (Å²) in [5.41, 5.74) is -1.73. The Kier molecular flexibility index (Phi) is 12.0. The largest absolute Gasteiger partial charge is 0.743 e. The van der Waals surface area contributed by atoms with Crippen LogP contribution in [0.1, 0.15) is 48.0 Å². The molecule has 1 atom stereocenters. The standard InChI is InChI=1S/C22H23OS.C9H13F5O5S/c1-22(2,3)23-18-14-16-21(17-15-18)24(19-10-6-4-7-11-19)20-12-8-5-9-13-20;1-4-7(2,3)6(15)19-5(8(10,11)12)9(13,14)20(16,17)18/h4-17H,1-3H3;5H,4H2,1-3H3,(H,16,17,18)/q+1;/p-1. The summed E-state index contributed by atoms with van der Waals surface area (Å²) < 4.78 is 104. The number of hydrogen-bond acceptors (Lipinski definition) is 6. The molecule has 0 saturated carbocycles. The smallest absolute Gasteiger partial charge is 0.432 e. The van der Waals surface area contributed by atoms with Crippen LogP contribution in [0, 0.1) is 5.41 Å². The number of carbonyl (C=O) groups excluding carboxylic acids is 1. The Morgan fingerprint density at radius 1 is 0.773 bits per heavy atom. The highest BCUT2D eigenvalue weighted by Gasteiger charge is 2.63. The van der Waals surface area contributed by atoms with E-state index in [4.69, 9.17) is 4.74 Å². The highest BCUT2D eigenvalue weighted by molar-refractivity contribution is 7.97. The minimum Gasteiger partial charge on any atom is -0.743 e. The van der Waals surface area contributed by atoms with Gasteiger partial charge in [0.15, 0.2) is 24.8 Å². The molecule has 0 amide bonds. The van der Waals surface area contributed by atoms with Crippen LogP contribution in [-0.2, 0) is 30.5 Å². The van der Waals surface area contributed by atoms with Crippen molar-refractivity contribution < 1.29 is 49.2 Å². The molecular weight excluding hydrogens is 627 g/mol. The Hall–Kier alpha value is -3.16. The summed E-state index contributed by atoms with van der Waals surface area (Å²) in [6, 6.07) is 29.9. The third kappa shape index (κ3) is 10.2. The lowest BCUT2D eigenvalue weighted by molar-refractivity contribution is -0.262. The van der Waals surface area contributed by atoms with Crippen molar-refractivity contribution in [2.45, 2.75) is 85.8 Å². The van der Waals surface area contributed by atoms with Gasteiger partial charge in [0.2, 0.25) is 0 Å². The number of ether oxygens (including phenoxy) is 2. The SMILES string of the molecule is CC(C)(C)Oc1ccc([S+](c2ccccc2)c2ccccc2)cc1.CCC(C)(C)C(=O)OC(C(F)(F)F)C(F)(F)S(=O)(=O)[O-]. The molecule has 242 valence electrons. The molecule has 13 heteroatoms. The zero-order chi connectivity index (χ0) is 33.6. The number of hydrogen-bond donors (Lipinski definition) is 0. The lowest BCUT2D eigenvalue weighted by Gasteiger charge is -2.32. The van der Waals surface area contributed by atoms with E-state index in [-0.39, 0.29) is 22.9 Å². The second-order valence-corrected chi connectivity index (χ2v) is 14.7. The molecule has 0 aliphatic carbocycles. The molecular formula is C31H35F5O6S2. The van der Waals surface area contributed by atoms with Crippen molar-refractivity contribution in [3.8, 4) is 5.75 Å². The first-order valence-corrected chi connectivity index (χ1v) is 16.0. The van der Waals surface area contributed by atoms with Crippen LogP contribution in [0.5, 0.6) is 5.75 Å². The zero-order valence-corrected chi connectivity index (χ0v) is 26.7. The fourth-order valence-corrected chi connectivity index (χ4v) is 5.91. The average Bonchev–Trinajstić information content (AvgIpc) is 2.92. The third-order valence-corrected chi connectivity index (χ3v) is 9.15. The van der Waals surface area contributed by atoms with E-state index in [0.29, 0.717) is 0 Å². The lowest BCUT2D eigenvalue weighted by atomic mass is 9.90. The maximum absolute atomic E-state index is 13.0. The van der Waals surface area contributed by atoms with Crippen molar-refractivity contribution in [3.63, 3.8) is 0 Å². The summed E-state index contributed by atoms with van der Waals surface area (Å²) in [4.78, 5) is 15.3. The molecule has 3 aromatic carbocycles. The Morgan fingerprint density at radius 3 is 1.52 bits per heavy atom. The van der Waals surface area contributed by atoms with Crippen LogP contribution in [0.4, 0.5) is 22.0 Å².